The van der Waals surface area contributed by atoms with Gasteiger partial charge in [-0.1, -0.05) is 12.8 Å². The lowest BCUT2D eigenvalue weighted by atomic mass is 9.95. The van der Waals surface area contributed by atoms with Crippen LogP contribution >= 0.6 is 0 Å². The molecule has 2 aliphatic carbocycles. The summed E-state index contributed by atoms with van der Waals surface area (Å²) in [5.41, 5.74) is 14.7. The summed E-state index contributed by atoms with van der Waals surface area (Å²) >= 11 is 0. The van der Waals surface area contributed by atoms with Gasteiger partial charge in [-0.05, 0) is 75.0 Å². The van der Waals surface area contributed by atoms with E-state index in [0.29, 0.717) is 22.9 Å². The lowest BCUT2D eigenvalue weighted by Crippen LogP contribution is -2.08. The average Bonchev–Trinajstić information content (AvgIpc) is 3.35. The van der Waals surface area contributed by atoms with Crippen molar-refractivity contribution in [1.29, 1.82) is 10.5 Å². The molecule has 0 atom stereocenters. The van der Waals surface area contributed by atoms with E-state index in [1.165, 1.54) is 37.1 Å². The molecule has 2 N–H and O–H groups in total. The predicted molar refractivity (Wildman–Crippen MR) is 116 cm³/mol. The molecule has 29 heavy (non-hydrogen) atoms. The van der Waals surface area contributed by atoms with Crippen LogP contribution in [-0.4, -0.2) is 9.55 Å². The largest absolute Gasteiger partial charge is 0.383 e. The number of aryl methyl sites for hydroxylation is 1. The minimum Gasteiger partial charge on any atom is -0.383 e. The smallest absolute Gasteiger partial charge is 0.142 e. The van der Waals surface area contributed by atoms with E-state index in [-0.39, 0.29) is 5.82 Å². The number of fused-ring (bicyclic) bond motifs is 1. The molecule has 2 aliphatic rings. The van der Waals surface area contributed by atoms with Crippen LogP contribution < -0.4 is 5.73 Å². The predicted octanol–water partition coefficient (Wildman–Crippen LogP) is 5.23. The summed E-state index contributed by atoms with van der Waals surface area (Å²) in [6.07, 6.45) is 7.21. The first-order valence-electron chi connectivity index (χ1n) is 10.1. The second kappa shape index (κ2) is 6.94. The number of nitrogen functional groups attached to an aromatic ring is 1. The SMILES string of the molecule is CC1=C(C#N)c2nc(N)c(C#N)c(C)c2/C1=C\c1cc(C)n(C2CCCC2)c1C. The standard InChI is InChI=1S/C24H25N5/c1-13-9-17(16(4)29(13)18-7-5-6-8-18)10-19-14(2)20(11-25)23-22(19)15(3)21(12-26)24(27)28-23/h9-10,18H,5-8H2,1-4H3,(H2,27,28)/b19-10-. The quantitative estimate of drug-likeness (QED) is 0.769. The zero-order valence-electron chi connectivity index (χ0n) is 17.4. The zero-order valence-corrected chi connectivity index (χ0v) is 17.4. The van der Waals surface area contributed by atoms with E-state index < -0.39 is 0 Å². The highest BCUT2D eigenvalue weighted by atomic mass is 15.0. The van der Waals surface area contributed by atoms with Gasteiger partial charge in [-0.3, -0.25) is 0 Å². The van der Waals surface area contributed by atoms with E-state index >= 15 is 0 Å². The first kappa shape index (κ1) is 19.0. The van der Waals surface area contributed by atoms with Gasteiger partial charge in [0.1, 0.15) is 18.0 Å². The van der Waals surface area contributed by atoms with E-state index in [1.807, 2.05) is 13.8 Å². The average molecular weight is 383 g/mol. The molecule has 0 aromatic carbocycles. The molecule has 2 aromatic rings. The van der Waals surface area contributed by atoms with Gasteiger partial charge in [0.05, 0.1) is 16.8 Å². The molecule has 1 saturated carbocycles. The highest BCUT2D eigenvalue weighted by Gasteiger charge is 2.30. The zero-order chi connectivity index (χ0) is 20.9. The number of aromatic nitrogens is 2. The molecule has 5 nitrogen and oxygen atoms in total. The Morgan fingerprint density at radius 2 is 1.83 bits per heavy atom. The third-order valence-electron chi connectivity index (χ3n) is 6.50. The molecule has 4 rings (SSSR count). The minimum atomic E-state index is 0.185. The summed E-state index contributed by atoms with van der Waals surface area (Å²) in [5.74, 6) is 0.185. The number of hydrogen-bond donors (Lipinski definition) is 1. The third kappa shape index (κ3) is 2.77. The molecule has 146 valence electrons. The first-order chi connectivity index (χ1) is 13.9. The number of allylic oxidation sites excluding steroid dienone is 3. The lowest BCUT2D eigenvalue weighted by Gasteiger charge is -2.17. The van der Waals surface area contributed by atoms with E-state index in [0.717, 1.165) is 27.8 Å². The van der Waals surface area contributed by atoms with Crippen LogP contribution in [0.5, 0.6) is 0 Å². The lowest BCUT2D eigenvalue weighted by molar-refractivity contribution is 0.500. The first-order valence-corrected chi connectivity index (χ1v) is 10.1. The number of pyridine rings is 1. The van der Waals surface area contributed by atoms with Gasteiger partial charge in [-0.15, -0.1) is 0 Å². The summed E-state index contributed by atoms with van der Waals surface area (Å²) in [4.78, 5) is 4.42. The number of nitrogens with two attached hydrogens (primary N) is 1. The number of rotatable bonds is 2. The Morgan fingerprint density at radius 3 is 2.45 bits per heavy atom. The van der Waals surface area contributed by atoms with E-state index in [1.54, 1.807) is 0 Å². The molecular weight excluding hydrogens is 358 g/mol. The molecule has 0 amide bonds. The van der Waals surface area contributed by atoms with Gasteiger partial charge < -0.3 is 10.3 Å². The van der Waals surface area contributed by atoms with Crippen LogP contribution in [0.2, 0.25) is 0 Å². The van der Waals surface area contributed by atoms with Gasteiger partial charge in [0.15, 0.2) is 0 Å². The van der Waals surface area contributed by atoms with Gasteiger partial charge in [-0.25, -0.2) is 4.98 Å². The van der Waals surface area contributed by atoms with Crippen LogP contribution in [0.25, 0.3) is 17.2 Å². The second-order valence-corrected chi connectivity index (χ2v) is 8.14. The van der Waals surface area contributed by atoms with Crippen LogP contribution in [-0.2, 0) is 0 Å². The maximum atomic E-state index is 9.74. The van der Waals surface area contributed by atoms with Gasteiger partial charge in [0.2, 0.25) is 0 Å². The normalized spacial score (nSPS) is 17.7. The summed E-state index contributed by atoms with van der Waals surface area (Å²) in [6.45, 7) is 8.18. The van der Waals surface area contributed by atoms with Crippen molar-refractivity contribution in [2.45, 2.75) is 59.4 Å². The number of hydrogen-bond acceptors (Lipinski definition) is 4. The van der Waals surface area contributed by atoms with Crippen molar-refractivity contribution >= 4 is 23.0 Å². The Kier molecular flexibility index (Phi) is 4.55. The molecular formula is C24H25N5. The van der Waals surface area contributed by atoms with Crippen LogP contribution in [0.4, 0.5) is 5.82 Å². The maximum Gasteiger partial charge on any atom is 0.142 e. The Labute approximate surface area is 171 Å². The Morgan fingerprint density at radius 1 is 1.14 bits per heavy atom. The molecule has 5 heteroatoms. The molecule has 0 bridgehead atoms. The maximum absolute atomic E-state index is 9.74. The Hall–Kier alpha value is -3.31. The molecule has 1 fully saturated rings. The van der Waals surface area contributed by atoms with Crippen molar-refractivity contribution in [3.05, 3.63) is 51.0 Å². The fourth-order valence-corrected chi connectivity index (χ4v) is 5.02. The molecule has 0 saturated heterocycles. The van der Waals surface area contributed by atoms with Crippen molar-refractivity contribution in [3.63, 3.8) is 0 Å². The van der Waals surface area contributed by atoms with Crippen LogP contribution in [0.1, 0.15) is 78.0 Å². The van der Waals surface area contributed by atoms with Crippen LogP contribution in [0.3, 0.4) is 0 Å². The third-order valence-corrected chi connectivity index (χ3v) is 6.50. The van der Waals surface area contributed by atoms with Crippen LogP contribution in [0, 0.1) is 43.4 Å². The van der Waals surface area contributed by atoms with Gasteiger partial charge in [0.25, 0.3) is 0 Å². The molecule has 2 heterocycles. The molecule has 2 aromatic heterocycles. The Bertz CT molecular complexity index is 1170. The molecule has 0 spiro atoms. The number of nitriles is 2. The van der Waals surface area contributed by atoms with E-state index in [4.69, 9.17) is 5.73 Å². The van der Waals surface area contributed by atoms with Crippen LogP contribution in [0.15, 0.2) is 11.6 Å². The summed E-state index contributed by atoms with van der Waals surface area (Å²) in [7, 11) is 0. The fourth-order valence-electron chi connectivity index (χ4n) is 5.02. The minimum absolute atomic E-state index is 0.185. The summed E-state index contributed by atoms with van der Waals surface area (Å²) < 4.78 is 2.47. The summed E-state index contributed by atoms with van der Waals surface area (Å²) in [6, 6.07) is 7.26. The highest BCUT2D eigenvalue weighted by molar-refractivity contribution is 6.08. The summed E-state index contributed by atoms with van der Waals surface area (Å²) in [5, 5.41) is 19.3. The highest BCUT2D eigenvalue weighted by Crippen LogP contribution is 2.44. The number of nitrogens with zero attached hydrogens (tertiary/aromatic N) is 4. The Balaban J connectivity index is 1.93. The van der Waals surface area contributed by atoms with Crippen molar-refractivity contribution in [3.8, 4) is 12.1 Å². The molecule has 0 unspecified atom stereocenters. The van der Waals surface area contributed by atoms with Crippen molar-refractivity contribution in [1.82, 2.24) is 9.55 Å². The molecule has 0 aliphatic heterocycles. The number of anilines is 1. The van der Waals surface area contributed by atoms with Gasteiger partial charge in [0, 0.05) is 23.0 Å². The van der Waals surface area contributed by atoms with Crippen molar-refractivity contribution < 1.29 is 0 Å². The second-order valence-electron chi connectivity index (χ2n) is 8.14. The topological polar surface area (TPSA) is 91.4 Å². The van der Waals surface area contributed by atoms with Crippen molar-refractivity contribution in [2.75, 3.05) is 5.73 Å². The van der Waals surface area contributed by atoms with Crippen molar-refractivity contribution in [2.24, 2.45) is 0 Å². The monoisotopic (exact) mass is 383 g/mol. The van der Waals surface area contributed by atoms with E-state index in [9.17, 15) is 10.5 Å². The fraction of sp³-hybridized carbons (Fsp3) is 0.375. The van der Waals surface area contributed by atoms with Gasteiger partial charge >= 0.3 is 0 Å². The van der Waals surface area contributed by atoms with E-state index in [2.05, 4.69) is 47.7 Å². The van der Waals surface area contributed by atoms with Gasteiger partial charge in [-0.2, -0.15) is 10.5 Å². The molecule has 0 radical (unpaired) electrons.